The van der Waals surface area contributed by atoms with Crippen molar-refractivity contribution in [2.24, 2.45) is 0 Å². The smallest absolute Gasteiger partial charge is 0.226 e. The standard InChI is InChI=1S/C22H23N3O2S/c1-5-16-6-7-18(28-16)21(27)17-11-19(26)23-22-20(17)14(4)24-25(22)15-9-12(2)8-13(3)10-15/h6-10,17H,5,11H2,1-4H3,(H,23,26)/t17-/m1/s1. The summed E-state index contributed by atoms with van der Waals surface area (Å²) in [7, 11) is 0. The van der Waals surface area contributed by atoms with Crippen molar-refractivity contribution in [3.05, 3.63) is 62.5 Å². The Bertz CT molecular complexity index is 1070. The molecule has 0 fully saturated rings. The number of hydrogen-bond donors (Lipinski definition) is 1. The van der Waals surface area contributed by atoms with Crippen molar-refractivity contribution < 1.29 is 9.59 Å². The molecule has 1 aromatic carbocycles. The fraction of sp³-hybridized carbons (Fsp3) is 0.318. The molecule has 0 unspecified atom stereocenters. The third-order valence-electron chi connectivity index (χ3n) is 5.12. The van der Waals surface area contributed by atoms with E-state index in [0.717, 1.165) is 34.5 Å². The number of aryl methyl sites for hydroxylation is 4. The summed E-state index contributed by atoms with van der Waals surface area (Å²) in [6.45, 7) is 8.05. The van der Waals surface area contributed by atoms with Crippen LogP contribution in [0.4, 0.5) is 5.82 Å². The normalized spacial score (nSPS) is 16.0. The Balaban J connectivity index is 1.82. The molecule has 3 heterocycles. The van der Waals surface area contributed by atoms with E-state index in [9.17, 15) is 9.59 Å². The van der Waals surface area contributed by atoms with Crippen LogP contribution in [0.15, 0.2) is 30.3 Å². The number of rotatable bonds is 4. The molecular formula is C22H23N3O2S. The van der Waals surface area contributed by atoms with E-state index in [0.29, 0.717) is 10.7 Å². The molecule has 1 amide bonds. The number of benzene rings is 1. The van der Waals surface area contributed by atoms with Gasteiger partial charge in [-0.25, -0.2) is 4.68 Å². The first-order valence-corrected chi connectivity index (χ1v) is 10.3. The molecule has 0 saturated carbocycles. The number of anilines is 1. The molecule has 0 spiro atoms. The van der Waals surface area contributed by atoms with Crippen molar-refractivity contribution in [2.45, 2.75) is 46.5 Å². The van der Waals surface area contributed by atoms with E-state index in [-0.39, 0.29) is 18.1 Å². The van der Waals surface area contributed by atoms with Gasteiger partial charge in [0.25, 0.3) is 0 Å². The molecule has 1 aliphatic heterocycles. The van der Waals surface area contributed by atoms with Gasteiger partial charge < -0.3 is 5.32 Å². The zero-order valence-electron chi connectivity index (χ0n) is 16.5. The summed E-state index contributed by atoms with van der Waals surface area (Å²) in [4.78, 5) is 27.6. The van der Waals surface area contributed by atoms with E-state index in [1.807, 2.05) is 45.0 Å². The monoisotopic (exact) mass is 393 g/mol. The van der Waals surface area contributed by atoms with E-state index in [1.165, 1.54) is 16.2 Å². The maximum Gasteiger partial charge on any atom is 0.226 e. The minimum atomic E-state index is -0.494. The minimum absolute atomic E-state index is 0.00359. The van der Waals surface area contributed by atoms with Crippen molar-refractivity contribution in [3.63, 3.8) is 0 Å². The molecule has 144 valence electrons. The zero-order chi connectivity index (χ0) is 20.0. The first kappa shape index (κ1) is 18.6. The lowest BCUT2D eigenvalue weighted by molar-refractivity contribution is -0.116. The summed E-state index contributed by atoms with van der Waals surface area (Å²) in [6, 6.07) is 10.0. The van der Waals surface area contributed by atoms with Gasteiger partial charge in [-0.3, -0.25) is 9.59 Å². The van der Waals surface area contributed by atoms with E-state index < -0.39 is 5.92 Å². The molecule has 0 aliphatic carbocycles. The highest BCUT2D eigenvalue weighted by molar-refractivity contribution is 7.14. The summed E-state index contributed by atoms with van der Waals surface area (Å²) in [5.41, 5.74) is 4.74. The Kier molecular flexibility index (Phi) is 4.67. The van der Waals surface area contributed by atoms with Crippen LogP contribution in [0, 0.1) is 20.8 Å². The van der Waals surface area contributed by atoms with Crippen LogP contribution < -0.4 is 5.32 Å². The van der Waals surface area contributed by atoms with Crippen LogP contribution in [0.3, 0.4) is 0 Å². The largest absolute Gasteiger partial charge is 0.310 e. The fourth-order valence-electron chi connectivity index (χ4n) is 3.90. The van der Waals surface area contributed by atoms with Crippen LogP contribution in [0.5, 0.6) is 0 Å². The van der Waals surface area contributed by atoms with Crippen LogP contribution in [0.2, 0.25) is 0 Å². The highest BCUT2D eigenvalue weighted by atomic mass is 32.1. The maximum absolute atomic E-state index is 13.2. The molecule has 1 N–H and O–H groups in total. The molecule has 0 saturated heterocycles. The minimum Gasteiger partial charge on any atom is -0.310 e. The number of fused-ring (bicyclic) bond motifs is 1. The Morgan fingerprint density at radius 2 is 1.93 bits per heavy atom. The number of aromatic nitrogens is 2. The number of carbonyl (C=O) groups excluding carboxylic acids is 2. The highest BCUT2D eigenvalue weighted by Crippen LogP contribution is 2.39. The first-order valence-electron chi connectivity index (χ1n) is 9.48. The number of Topliss-reactive ketones (excluding diaryl/α,β-unsaturated/α-hetero) is 1. The number of amides is 1. The van der Waals surface area contributed by atoms with Crippen LogP contribution in [0.1, 0.15) is 56.2 Å². The second kappa shape index (κ2) is 7.02. The molecule has 0 bridgehead atoms. The van der Waals surface area contributed by atoms with Crippen molar-refractivity contribution >= 4 is 28.8 Å². The van der Waals surface area contributed by atoms with Gasteiger partial charge in [-0.2, -0.15) is 5.10 Å². The number of hydrogen-bond acceptors (Lipinski definition) is 4. The molecule has 2 aromatic heterocycles. The molecule has 6 heteroatoms. The Morgan fingerprint density at radius 3 is 2.57 bits per heavy atom. The molecule has 28 heavy (non-hydrogen) atoms. The lowest BCUT2D eigenvalue weighted by Gasteiger charge is -2.23. The SMILES string of the molecule is CCc1ccc(C(=O)[C@@H]2CC(=O)Nc3c2c(C)nn3-c2cc(C)cc(C)c2)s1. The Morgan fingerprint density at radius 1 is 1.21 bits per heavy atom. The third-order valence-corrected chi connectivity index (χ3v) is 6.37. The van der Waals surface area contributed by atoms with Crippen LogP contribution >= 0.6 is 11.3 Å². The van der Waals surface area contributed by atoms with Crippen molar-refractivity contribution in [2.75, 3.05) is 5.32 Å². The lowest BCUT2D eigenvalue weighted by Crippen LogP contribution is -2.28. The average Bonchev–Trinajstić information content (AvgIpc) is 3.24. The zero-order valence-corrected chi connectivity index (χ0v) is 17.3. The predicted molar refractivity (Wildman–Crippen MR) is 112 cm³/mol. The summed E-state index contributed by atoms with van der Waals surface area (Å²) in [5.74, 6) is -0.0244. The second-order valence-corrected chi connectivity index (χ2v) is 8.56. The van der Waals surface area contributed by atoms with Gasteiger partial charge in [0.2, 0.25) is 5.91 Å². The van der Waals surface area contributed by atoms with E-state index in [1.54, 1.807) is 4.68 Å². The number of carbonyl (C=O) groups is 2. The lowest BCUT2D eigenvalue weighted by atomic mass is 9.87. The highest BCUT2D eigenvalue weighted by Gasteiger charge is 2.36. The van der Waals surface area contributed by atoms with Crippen molar-refractivity contribution in [1.29, 1.82) is 0 Å². The first-order chi connectivity index (χ1) is 13.4. The molecule has 1 aliphatic rings. The molecular weight excluding hydrogens is 370 g/mol. The van der Waals surface area contributed by atoms with Gasteiger partial charge >= 0.3 is 0 Å². The van der Waals surface area contributed by atoms with E-state index in [2.05, 4.69) is 23.4 Å². The number of nitrogens with zero attached hydrogens (tertiary/aromatic N) is 2. The topological polar surface area (TPSA) is 64.0 Å². The van der Waals surface area contributed by atoms with Gasteiger partial charge in [-0.15, -0.1) is 11.3 Å². The average molecular weight is 394 g/mol. The molecule has 3 aromatic rings. The van der Waals surface area contributed by atoms with Gasteiger partial charge in [-0.05, 0) is 62.6 Å². The number of ketones is 1. The van der Waals surface area contributed by atoms with Gasteiger partial charge in [0.15, 0.2) is 5.78 Å². The molecule has 0 radical (unpaired) electrons. The molecule has 1 atom stereocenters. The fourth-order valence-corrected chi connectivity index (χ4v) is 4.84. The van der Waals surface area contributed by atoms with Crippen LogP contribution in [-0.4, -0.2) is 21.5 Å². The maximum atomic E-state index is 13.2. The van der Waals surface area contributed by atoms with E-state index in [4.69, 9.17) is 0 Å². The van der Waals surface area contributed by atoms with Crippen molar-refractivity contribution in [1.82, 2.24) is 9.78 Å². The summed E-state index contributed by atoms with van der Waals surface area (Å²) in [5, 5.41) is 7.63. The summed E-state index contributed by atoms with van der Waals surface area (Å²) in [6.07, 6.45) is 1.06. The van der Waals surface area contributed by atoms with Gasteiger partial charge in [-0.1, -0.05) is 13.0 Å². The van der Waals surface area contributed by atoms with Crippen molar-refractivity contribution in [3.8, 4) is 5.69 Å². The summed E-state index contributed by atoms with van der Waals surface area (Å²) < 4.78 is 1.76. The predicted octanol–water partition coefficient (Wildman–Crippen LogP) is 4.73. The Labute approximate surface area is 168 Å². The van der Waals surface area contributed by atoms with Crippen LogP contribution in [0.25, 0.3) is 5.69 Å². The number of nitrogens with one attached hydrogen (secondary N) is 1. The molecule has 4 rings (SSSR count). The van der Waals surface area contributed by atoms with Gasteiger partial charge in [0.05, 0.1) is 22.2 Å². The van der Waals surface area contributed by atoms with Gasteiger partial charge in [0.1, 0.15) is 5.82 Å². The van der Waals surface area contributed by atoms with E-state index >= 15 is 0 Å². The number of thiophene rings is 1. The second-order valence-electron chi connectivity index (χ2n) is 7.39. The quantitative estimate of drug-likeness (QED) is 0.652. The van der Waals surface area contributed by atoms with Gasteiger partial charge in [0, 0.05) is 16.9 Å². The third kappa shape index (κ3) is 3.18. The summed E-state index contributed by atoms with van der Waals surface area (Å²) >= 11 is 1.52. The molecule has 5 nitrogen and oxygen atoms in total. The van der Waals surface area contributed by atoms with Crippen LogP contribution in [-0.2, 0) is 11.2 Å². The Hall–Kier alpha value is -2.73.